The summed E-state index contributed by atoms with van der Waals surface area (Å²) in [5.74, 6) is -0.762. The number of ether oxygens (including phenoxy) is 1. The van der Waals surface area contributed by atoms with Crippen LogP contribution in [-0.2, 0) is 23.2 Å². The molecule has 1 N–H and O–H groups in total. The van der Waals surface area contributed by atoms with Crippen LogP contribution in [0, 0.1) is 24.0 Å². The molecule has 1 heterocycles. The Morgan fingerprint density at radius 3 is 2.52 bits per heavy atom. The third-order valence-corrected chi connectivity index (χ3v) is 8.11. The molecule has 3 atom stereocenters. The molecule has 3 nitrogen and oxygen atoms in total. The van der Waals surface area contributed by atoms with E-state index in [4.69, 9.17) is 4.74 Å². The Morgan fingerprint density at radius 2 is 1.84 bits per heavy atom. The first-order chi connectivity index (χ1) is 14.6. The SMILES string of the molecule is Cc1ccc(O)c2c1C1(C)CCN(CC(C)OCc3c(F)cccc3F)C(C2)C1(C)C. The lowest BCUT2D eigenvalue weighted by atomic mass is 9.50. The number of benzene rings is 2. The van der Waals surface area contributed by atoms with Crippen molar-refractivity contribution in [3.8, 4) is 5.75 Å². The van der Waals surface area contributed by atoms with Crippen LogP contribution >= 0.6 is 0 Å². The van der Waals surface area contributed by atoms with Gasteiger partial charge >= 0.3 is 0 Å². The zero-order valence-corrected chi connectivity index (χ0v) is 19.1. The van der Waals surface area contributed by atoms with Gasteiger partial charge in [0.05, 0.1) is 12.7 Å². The molecule has 1 saturated heterocycles. The van der Waals surface area contributed by atoms with Gasteiger partial charge in [-0.15, -0.1) is 0 Å². The van der Waals surface area contributed by atoms with Crippen LogP contribution in [0.2, 0.25) is 0 Å². The standard InChI is InChI=1S/C26H33F2NO2/c1-16-9-10-22(30)18-13-23-25(3,4)26(5,24(16)18)11-12-29(23)14-17(2)31-15-19-20(27)7-6-8-21(19)28/h6-10,17,23,30H,11-15H2,1-5H3. The fourth-order valence-electron chi connectivity index (χ4n) is 5.92. The number of halogens is 2. The van der Waals surface area contributed by atoms with Gasteiger partial charge in [0.15, 0.2) is 0 Å². The number of phenolic OH excluding ortho intramolecular Hbond substituents is 1. The molecular weight excluding hydrogens is 396 g/mol. The molecule has 1 aliphatic heterocycles. The van der Waals surface area contributed by atoms with E-state index in [9.17, 15) is 13.9 Å². The zero-order chi connectivity index (χ0) is 22.6. The Labute approximate surface area is 184 Å². The van der Waals surface area contributed by atoms with E-state index < -0.39 is 11.6 Å². The van der Waals surface area contributed by atoms with Gasteiger partial charge in [-0.2, -0.15) is 0 Å². The van der Waals surface area contributed by atoms with Crippen molar-refractivity contribution in [2.24, 2.45) is 5.41 Å². The summed E-state index contributed by atoms with van der Waals surface area (Å²) in [5.41, 5.74) is 3.59. The van der Waals surface area contributed by atoms with Gasteiger partial charge in [0.1, 0.15) is 17.4 Å². The normalized spacial score (nSPS) is 25.8. The van der Waals surface area contributed by atoms with Crippen LogP contribution in [0.4, 0.5) is 8.78 Å². The summed E-state index contributed by atoms with van der Waals surface area (Å²) in [6.45, 7) is 12.6. The van der Waals surface area contributed by atoms with Gasteiger partial charge in [0.25, 0.3) is 0 Å². The monoisotopic (exact) mass is 429 g/mol. The van der Waals surface area contributed by atoms with E-state index in [0.717, 1.165) is 24.9 Å². The Balaban J connectivity index is 1.54. The first-order valence-electron chi connectivity index (χ1n) is 11.2. The predicted molar refractivity (Wildman–Crippen MR) is 118 cm³/mol. The van der Waals surface area contributed by atoms with Crippen LogP contribution in [-0.4, -0.2) is 35.2 Å². The van der Waals surface area contributed by atoms with Gasteiger partial charge in [-0.05, 0) is 73.5 Å². The van der Waals surface area contributed by atoms with E-state index in [1.54, 1.807) is 0 Å². The molecular formula is C26H33F2NO2. The summed E-state index contributed by atoms with van der Waals surface area (Å²) in [6.07, 6.45) is 1.61. The molecule has 2 aromatic carbocycles. The van der Waals surface area contributed by atoms with Gasteiger partial charge in [0.2, 0.25) is 0 Å². The molecule has 0 amide bonds. The quantitative estimate of drug-likeness (QED) is 0.681. The summed E-state index contributed by atoms with van der Waals surface area (Å²) in [7, 11) is 0. The third-order valence-electron chi connectivity index (χ3n) is 8.11. The Bertz CT molecular complexity index is 969. The van der Waals surface area contributed by atoms with E-state index in [0.29, 0.717) is 12.3 Å². The molecule has 4 rings (SSSR count). The van der Waals surface area contributed by atoms with Crippen LogP contribution in [0.25, 0.3) is 0 Å². The average molecular weight is 430 g/mol. The van der Waals surface area contributed by atoms with Crippen molar-refractivity contribution in [1.82, 2.24) is 4.90 Å². The topological polar surface area (TPSA) is 32.7 Å². The summed E-state index contributed by atoms with van der Waals surface area (Å²) >= 11 is 0. The summed E-state index contributed by atoms with van der Waals surface area (Å²) in [6, 6.07) is 7.97. The molecule has 2 aromatic rings. The Kier molecular flexibility index (Phi) is 5.63. The molecule has 2 aliphatic rings. The highest BCUT2D eigenvalue weighted by Crippen LogP contribution is 2.58. The Hall–Kier alpha value is -1.98. The lowest BCUT2D eigenvalue weighted by molar-refractivity contribution is -0.0657. The summed E-state index contributed by atoms with van der Waals surface area (Å²) in [5, 5.41) is 10.6. The number of hydrogen-bond acceptors (Lipinski definition) is 3. The van der Waals surface area contributed by atoms with Gasteiger partial charge in [0, 0.05) is 23.6 Å². The lowest BCUT2D eigenvalue weighted by Crippen LogP contribution is -2.64. The molecule has 0 saturated carbocycles. The van der Waals surface area contributed by atoms with Crippen LogP contribution in [0.3, 0.4) is 0 Å². The van der Waals surface area contributed by atoms with Crippen molar-refractivity contribution in [3.63, 3.8) is 0 Å². The van der Waals surface area contributed by atoms with Crippen LogP contribution in [0.5, 0.6) is 5.75 Å². The highest BCUT2D eigenvalue weighted by Gasteiger charge is 2.56. The second-order valence-corrected chi connectivity index (χ2v) is 10.1. The molecule has 1 fully saturated rings. The van der Waals surface area contributed by atoms with Gasteiger partial charge < -0.3 is 9.84 Å². The third kappa shape index (κ3) is 3.56. The summed E-state index contributed by atoms with van der Waals surface area (Å²) < 4.78 is 33.7. The minimum absolute atomic E-state index is 0.00810. The largest absolute Gasteiger partial charge is 0.508 e. The number of phenols is 1. The molecule has 5 heteroatoms. The minimum Gasteiger partial charge on any atom is -0.508 e. The van der Waals surface area contributed by atoms with E-state index in [1.807, 2.05) is 19.1 Å². The number of aromatic hydroxyl groups is 1. The maximum absolute atomic E-state index is 13.9. The van der Waals surface area contributed by atoms with E-state index in [-0.39, 0.29) is 35.1 Å². The van der Waals surface area contributed by atoms with Crippen LogP contribution in [0.1, 0.15) is 56.4 Å². The highest BCUT2D eigenvalue weighted by atomic mass is 19.1. The van der Waals surface area contributed by atoms with Gasteiger partial charge in [-0.1, -0.05) is 32.9 Å². The number of fused-ring (bicyclic) bond motifs is 4. The van der Waals surface area contributed by atoms with Crippen LogP contribution < -0.4 is 0 Å². The highest BCUT2D eigenvalue weighted by molar-refractivity contribution is 5.52. The number of rotatable bonds is 5. The summed E-state index contributed by atoms with van der Waals surface area (Å²) in [4.78, 5) is 2.44. The van der Waals surface area contributed by atoms with Crippen LogP contribution in [0.15, 0.2) is 30.3 Å². The number of nitrogens with zero attached hydrogens (tertiary/aromatic N) is 1. The van der Waals surface area contributed by atoms with Crippen molar-refractivity contribution < 1.29 is 18.6 Å². The molecule has 3 unspecified atom stereocenters. The first kappa shape index (κ1) is 22.2. The molecule has 31 heavy (non-hydrogen) atoms. The first-order valence-corrected chi connectivity index (χ1v) is 11.2. The second kappa shape index (κ2) is 7.86. The fraction of sp³-hybridized carbons (Fsp3) is 0.538. The van der Waals surface area contributed by atoms with Crippen molar-refractivity contribution in [1.29, 1.82) is 0 Å². The number of hydrogen-bond donors (Lipinski definition) is 1. The van der Waals surface area contributed by atoms with Gasteiger partial charge in [-0.25, -0.2) is 8.78 Å². The molecule has 1 aliphatic carbocycles. The average Bonchev–Trinajstić information content (AvgIpc) is 2.68. The predicted octanol–water partition coefficient (Wildman–Crippen LogP) is 5.50. The molecule has 168 valence electrons. The van der Waals surface area contributed by atoms with Gasteiger partial charge in [-0.3, -0.25) is 4.90 Å². The van der Waals surface area contributed by atoms with Crippen molar-refractivity contribution in [2.75, 3.05) is 13.1 Å². The Morgan fingerprint density at radius 1 is 1.16 bits per heavy atom. The number of likely N-dealkylation sites (tertiary alicyclic amines) is 1. The van der Waals surface area contributed by atoms with Crippen molar-refractivity contribution in [2.45, 2.75) is 71.6 Å². The maximum Gasteiger partial charge on any atom is 0.131 e. The van der Waals surface area contributed by atoms with Crippen molar-refractivity contribution >= 4 is 0 Å². The molecule has 0 aromatic heterocycles. The maximum atomic E-state index is 13.9. The van der Waals surface area contributed by atoms with E-state index >= 15 is 0 Å². The lowest BCUT2D eigenvalue weighted by Gasteiger charge is -2.61. The molecule has 2 bridgehead atoms. The van der Waals surface area contributed by atoms with E-state index in [2.05, 4.69) is 32.6 Å². The number of piperidine rings is 1. The second-order valence-electron chi connectivity index (χ2n) is 10.1. The van der Waals surface area contributed by atoms with E-state index in [1.165, 1.54) is 29.3 Å². The zero-order valence-electron chi connectivity index (χ0n) is 19.1. The smallest absolute Gasteiger partial charge is 0.131 e. The number of aryl methyl sites for hydroxylation is 1. The minimum atomic E-state index is -0.572. The molecule has 0 spiro atoms. The molecule has 0 radical (unpaired) electrons. The van der Waals surface area contributed by atoms with Crippen molar-refractivity contribution in [3.05, 3.63) is 64.2 Å². The fourth-order valence-corrected chi connectivity index (χ4v) is 5.92.